The van der Waals surface area contributed by atoms with E-state index in [0.29, 0.717) is 26.1 Å². The molecule has 1 spiro atoms. The SMILES string of the molecule is CS(=O)(=O)c1ccc(CC(=O)N2CCC3(CCN(CCc4ccccc4)C3=O)C2)cc1. The Morgan fingerprint density at radius 1 is 0.968 bits per heavy atom. The third-order valence-electron chi connectivity index (χ3n) is 6.53. The number of likely N-dealkylation sites (tertiary alicyclic amines) is 2. The van der Waals surface area contributed by atoms with Crippen LogP contribution in [0.1, 0.15) is 24.0 Å². The van der Waals surface area contributed by atoms with Crippen molar-refractivity contribution < 1.29 is 18.0 Å². The van der Waals surface area contributed by atoms with E-state index in [4.69, 9.17) is 0 Å². The molecule has 4 rings (SSSR count). The fraction of sp³-hybridized carbons (Fsp3) is 0.417. The Labute approximate surface area is 183 Å². The van der Waals surface area contributed by atoms with Crippen molar-refractivity contribution in [1.82, 2.24) is 9.80 Å². The van der Waals surface area contributed by atoms with Crippen LogP contribution in [0.4, 0.5) is 0 Å². The molecule has 2 aliphatic heterocycles. The second kappa shape index (κ2) is 8.46. The summed E-state index contributed by atoms with van der Waals surface area (Å²) in [6.45, 7) is 2.54. The summed E-state index contributed by atoms with van der Waals surface area (Å²) in [5.74, 6) is 0.163. The first-order valence-corrected chi connectivity index (χ1v) is 12.6. The van der Waals surface area contributed by atoms with Gasteiger partial charge in [0, 0.05) is 32.4 Å². The van der Waals surface area contributed by atoms with Gasteiger partial charge in [0.25, 0.3) is 0 Å². The highest BCUT2D eigenvalue weighted by Crippen LogP contribution is 2.40. The molecule has 7 heteroatoms. The summed E-state index contributed by atoms with van der Waals surface area (Å²) in [7, 11) is -3.25. The maximum atomic E-state index is 13.1. The van der Waals surface area contributed by atoms with Crippen LogP contribution < -0.4 is 0 Å². The normalized spacial score (nSPS) is 21.3. The molecule has 164 valence electrons. The van der Waals surface area contributed by atoms with Crippen molar-refractivity contribution in [2.45, 2.75) is 30.6 Å². The lowest BCUT2D eigenvalue weighted by atomic mass is 9.85. The number of carbonyl (C=O) groups excluding carboxylic acids is 2. The number of benzene rings is 2. The molecule has 0 aromatic heterocycles. The molecule has 2 fully saturated rings. The molecule has 2 amide bonds. The van der Waals surface area contributed by atoms with E-state index < -0.39 is 15.3 Å². The Hall–Kier alpha value is -2.67. The van der Waals surface area contributed by atoms with Crippen LogP contribution in [0.3, 0.4) is 0 Å². The first-order chi connectivity index (χ1) is 14.8. The lowest BCUT2D eigenvalue weighted by Crippen LogP contribution is -2.39. The minimum Gasteiger partial charge on any atom is -0.342 e. The Morgan fingerprint density at radius 2 is 1.65 bits per heavy atom. The summed E-state index contributed by atoms with van der Waals surface area (Å²) >= 11 is 0. The van der Waals surface area contributed by atoms with E-state index in [-0.39, 0.29) is 23.1 Å². The quantitative estimate of drug-likeness (QED) is 0.691. The number of sulfone groups is 1. The lowest BCUT2D eigenvalue weighted by molar-refractivity contribution is -0.136. The van der Waals surface area contributed by atoms with Gasteiger partial charge in [0.1, 0.15) is 0 Å². The molecule has 2 aromatic carbocycles. The molecule has 2 aromatic rings. The monoisotopic (exact) mass is 440 g/mol. The number of carbonyl (C=O) groups is 2. The third kappa shape index (κ3) is 4.66. The molecule has 0 saturated carbocycles. The van der Waals surface area contributed by atoms with Crippen LogP contribution in [-0.2, 0) is 32.3 Å². The van der Waals surface area contributed by atoms with Crippen molar-refractivity contribution in [3.63, 3.8) is 0 Å². The van der Waals surface area contributed by atoms with Crippen LogP contribution in [-0.4, -0.2) is 62.5 Å². The average Bonchev–Trinajstić information content (AvgIpc) is 3.32. The molecule has 0 aliphatic carbocycles. The van der Waals surface area contributed by atoms with E-state index >= 15 is 0 Å². The van der Waals surface area contributed by atoms with Crippen molar-refractivity contribution >= 4 is 21.7 Å². The molecule has 1 unspecified atom stereocenters. The van der Waals surface area contributed by atoms with E-state index in [9.17, 15) is 18.0 Å². The standard InChI is InChI=1S/C24H28N2O4S/c1-31(29,30)21-9-7-20(8-10-21)17-22(27)26-16-13-24(18-26)12-15-25(23(24)28)14-11-19-5-3-2-4-6-19/h2-10H,11-18H2,1H3. The van der Waals surface area contributed by atoms with Gasteiger partial charge in [-0.25, -0.2) is 8.42 Å². The molecule has 2 saturated heterocycles. The lowest BCUT2D eigenvalue weighted by Gasteiger charge is -2.24. The molecular weight excluding hydrogens is 412 g/mol. The van der Waals surface area contributed by atoms with Crippen LogP contribution in [0.5, 0.6) is 0 Å². The molecule has 2 aliphatic rings. The highest BCUT2D eigenvalue weighted by molar-refractivity contribution is 7.90. The Morgan fingerprint density at radius 3 is 2.32 bits per heavy atom. The van der Waals surface area contributed by atoms with E-state index in [1.165, 1.54) is 24.0 Å². The smallest absolute Gasteiger partial charge is 0.230 e. The van der Waals surface area contributed by atoms with Crippen LogP contribution in [0.15, 0.2) is 59.5 Å². The average molecular weight is 441 g/mol. The Bertz CT molecular complexity index is 1070. The summed E-state index contributed by atoms with van der Waals surface area (Å²) in [5.41, 5.74) is 1.56. The second-order valence-corrected chi connectivity index (χ2v) is 10.7. The molecule has 1 atom stereocenters. The minimum atomic E-state index is -3.25. The van der Waals surface area contributed by atoms with Gasteiger partial charge in [-0.15, -0.1) is 0 Å². The maximum absolute atomic E-state index is 13.1. The molecule has 6 nitrogen and oxygen atoms in total. The Kier molecular flexibility index (Phi) is 5.88. The molecule has 0 N–H and O–H groups in total. The summed E-state index contributed by atoms with van der Waals surface area (Å²) in [6.07, 6.45) is 3.74. The summed E-state index contributed by atoms with van der Waals surface area (Å²) < 4.78 is 23.2. The zero-order valence-corrected chi connectivity index (χ0v) is 18.6. The van der Waals surface area contributed by atoms with Gasteiger partial charge in [-0.1, -0.05) is 42.5 Å². The van der Waals surface area contributed by atoms with Gasteiger partial charge in [-0.3, -0.25) is 9.59 Å². The molecule has 2 heterocycles. The van der Waals surface area contributed by atoms with Gasteiger partial charge in [0.15, 0.2) is 9.84 Å². The minimum absolute atomic E-state index is 0.0143. The van der Waals surface area contributed by atoms with Crippen molar-refractivity contribution in [2.24, 2.45) is 5.41 Å². The van der Waals surface area contributed by atoms with Gasteiger partial charge in [0.05, 0.1) is 16.7 Å². The first kappa shape index (κ1) is 21.6. The van der Waals surface area contributed by atoms with Gasteiger partial charge in [-0.05, 0) is 42.5 Å². The molecular formula is C24H28N2O4S. The highest BCUT2D eigenvalue weighted by Gasteiger charge is 2.51. The van der Waals surface area contributed by atoms with Crippen LogP contribution in [0.25, 0.3) is 0 Å². The van der Waals surface area contributed by atoms with Gasteiger partial charge >= 0.3 is 0 Å². The number of nitrogens with zero attached hydrogens (tertiary/aromatic N) is 2. The number of amides is 2. The van der Waals surface area contributed by atoms with Crippen LogP contribution >= 0.6 is 0 Å². The number of hydrogen-bond donors (Lipinski definition) is 0. The van der Waals surface area contributed by atoms with E-state index in [1.54, 1.807) is 17.0 Å². The Balaban J connectivity index is 1.34. The number of hydrogen-bond acceptors (Lipinski definition) is 4. The summed E-state index contributed by atoms with van der Waals surface area (Å²) in [4.78, 5) is 29.9. The fourth-order valence-corrected chi connectivity index (χ4v) is 5.25. The van der Waals surface area contributed by atoms with Gasteiger partial charge in [0.2, 0.25) is 11.8 Å². The molecule has 0 bridgehead atoms. The largest absolute Gasteiger partial charge is 0.342 e. The summed E-state index contributed by atoms with van der Waals surface area (Å²) in [6, 6.07) is 16.6. The predicted octanol–water partition coefficient (Wildman–Crippen LogP) is 2.33. The van der Waals surface area contributed by atoms with E-state index in [1.807, 2.05) is 23.1 Å². The number of rotatable bonds is 6. The summed E-state index contributed by atoms with van der Waals surface area (Å²) in [5, 5.41) is 0. The molecule has 0 radical (unpaired) electrons. The predicted molar refractivity (Wildman–Crippen MR) is 118 cm³/mol. The van der Waals surface area contributed by atoms with Crippen molar-refractivity contribution in [3.8, 4) is 0 Å². The first-order valence-electron chi connectivity index (χ1n) is 10.7. The zero-order chi connectivity index (χ0) is 22.1. The van der Waals surface area contributed by atoms with E-state index in [0.717, 1.165) is 24.9 Å². The van der Waals surface area contributed by atoms with Crippen molar-refractivity contribution in [1.29, 1.82) is 0 Å². The second-order valence-electron chi connectivity index (χ2n) is 8.72. The van der Waals surface area contributed by atoms with Gasteiger partial charge in [-0.2, -0.15) is 0 Å². The zero-order valence-electron chi connectivity index (χ0n) is 17.8. The third-order valence-corrected chi connectivity index (χ3v) is 7.66. The van der Waals surface area contributed by atoms with Crippen LogP contribution in [0.2, 0.25) is 0 Å². The van der Waals surface area contributed by atoms with Crippen LogP contribution in [0, 0.1) is 5.41 Å². The van der Waals surface area contributed by atoms with Gasteiger partial charge < -0.3 is 9.80 Å². The van der Waals surface area contributed by atoms with Crippen molar-refractivity contribution in [3.05, 3.63) is 65.7 Å². The highest BCUT2D eigenvalue weighted by atomic mass is 32.2. The molecule has 31 heavy (non-hydrogen) atoms. The fourth-order valence-electron chi connectivity index (χ4n) is 4.62. The maximum Gasteiger partial charge on any atom is 0.230 e. The van der Waals surface area contributed by atoms with Crippen molar-refractivity contribution in [2.75, 3.05) is 32.4 Å². The van der Waals surface area contributed by atoms with E-state index in [2.05, 4.69) is 12.1 Å². The topological polar surface area (TPSA) is 74.8 Å².